The molecule has 0 aliphatic heterocycles. The molecular weight excluding hydrogens is 270 g/mol. The summed E-state index contributed by atoms with van der Waals surface area (Å²) < 4.78 is 0. The Morgan fingerprint density at radius 1 is 0.864 bits per heavy atom. The first kappa shape index (κ1) is 14.4. The van der Waals surface area contributed by atoms with Crippen LogP contribution in [0.4, 0.5) is 5.69 Å². The molecule has 0 bridgehead atoms. The van der Waals surface area contributed by atoms with Crippen molar-refractivity contribution in [2.45, 2.75) is 20.8 Å². The topological polar surface area (TPSA) is 38.1 Å². The van der Waals surface area contributed by atoms with Crippen molar-refractivity contribution in [2.24, 2.45) is 10.4 Å². The van der Waals surface area contributed by atoms with Crippen molar-refractivity contribution in [3.05, 3.63) is 66.6 Å². The van der Waals surface area contributed by atoms with Crippen molar-refractivity contribution >= 4 is 22.3 Å². The van der Waals surface area contributed by atoms with E-state index in [1.807, 2.05) is 36.4 Å². The smallest absolute Gasteiger partial charge is 0.0958 e. The van der Waals surface area contributed by atoms with Crippen molar-refractivity contribution in [2.75, 3.05) is 0 Å². The molecule has 2 heterocycles. The molecule has 0 aliphatic rings. The monoisotopic (exact) mass is 289 g/mol. The van der Waals surface area contributed by atoms with Gasteiger partial charge in [0.15, 0.2) is 0 Å². The Balaban J connectivity index is 2.21. The summed E-state index contributed by atoms with van der Waals surface area (Å²) in [5, 5.41) is 1.10. The van der Waals surface area contributed by atoms with E-state index in [1.54, 1.807) is 12.4 Å². The maximum atomic E-state index is 4.92. The molecule has 3 nitrogen and oxygen atoms in total. The van der Waals surface area contributed by atoms with Crippen LogP contribution in [-0.4, -0.2) is 15.7 Å². The summed E-state index contributed by atoms with van der Waals surface area (Å²) in [6, 6.07) is 16.0. The molecule has 0 atom stereocenters. The molecule has 0 aliphatic carbocycles. The average Bonchev–Trinajstić information content (AvgIpc) is 2.52. The summed E-state index contributed by atoms with van der Waals surface area (Å²) in [5.41, 5.74) is 3.57. The first-order valence-corrected chi connectivity index (χ1v) is 7.40. The lowest BCUT2D eigenvalue weighted by atomic mass is 9.87. The molecule has 2 aromatic heterocycles. The van der Waals surface area contributed by atoms with Crippen molar-refractivity contribution in [3.63, 3.8) is 0 Å². The van der Waals surface area contributed by atoms with Crippen LogP contribution in [0.25, 0.3) is 10.9 Å². The molecular formula is C19H19N3. The molecule has 110 valence electrons. The van der Waals surface area contributed by atoms with Crippen molar-refractivity contribution in [1.82, 2.24) is 9.97 Å². The van der Waals surface area contributed by atoms with Gasteiger partial charge in [0.1, 0.15) is 0 Å². The maximum absolute atomic E-state index is 4.92. The van der Waals surface area contributed by atoms with E-state index in [0.717, 1.165) is 28.0 Å². The van der Waals surface area contributed by atoms with Crippen molar-refractivity contribution in [1.29, 1.82) is 0 Å². The fourth-order valence-corrected chi connectivity index (χ4v) is 2.41. The third-order valence-corrected chi connectivity index (χ3v) is 3.46. The Morgan fingerprint density at radius 2 is 1.64 bits per heavy atom. The van der Waals surface area contributed by atoms with Crippen LogP contribution in [0.2, 0.25) is 0 Å². The molecule has 1 aromatic carbocycles. The van der Waals surface area contributed by atoms with Gasteiger partial charge in [-0.2, -0.15) is 0 Å². The summed E-state index contributed by atoms with van der Waals surface area (Å²) in [4.78, 5) is 13.9. The largest absolute Gasteiger partial charge is 0.255 e. The van der Waals surface area contributed by atoms with Crippen LogP contribution in [0.1, 0.15) is 26.5 Å². The molecule has 3 aromatic rings. The SMILES string of the molecule is CC(C)(C)/C(=N\c1cccc2cccnc12)c1ccccn1. The first-order valence-electron chi connectivity index (χ1n) is 7.40. The fraction of sp³-hybridized carbons (Fsp3) is 0.211. The number of aliphatic imine (C=N–C) groups is 1. The third-order valence-electron chi connectivity index (χ3n) is 3.46. The van der Waals surface area contributed by atoms with E-state index in [0.29, 0.717) is 0 Å². The average molecular weight is 289 g/mol. The normalized spacial score (nSPS) is 12.6. The molecule has 0 saturated heterocycles. The number of hydrogen-bond acceptors (Lipinski definition) is 3. The van der Waals surface area contributed by atoms with E-state index in [1.165, 1.54) is 0 Å². The quantitative estimate of drug-likeness (QED) is 0.636. The Morgan fingerprint density at radius 3 is 2.36 bits per heavy atom. The van der Waals surface area contributed by atoms with Gasteiger partial charge < -0.3 is 0 Å². The second kappa shape index (κ2) is 5.68. The molecule has 0 fully saturated rings. The van der Waals surface area contributed by atoms with E-state index in [-0.39, 0.29) is 5.41 Å². The standard InChI is InChI=1S/C19H19N3/c1-19(2,3)18(16-10-4-5-12-20-16)22-15-11-6-8-14-9-7-13-21-17(14)15/h4-13H,1-3H3/b22-18-. The lowest BCUT2D eigenvalue weighted by Gasteiger charge is -2.21. The van der Waals surface area contributed by atoms with Crippen molar-refractivity contribution in [3.8, 4) is 0 Å². The van der Waals surface area contributed by atoms with E-state index in [2.05, 4.69) is 42.9 Å². The summed E-state index contributed by atoms with van der Waals surface area (Å²) in [6.45, 7) is 6.46. The molecule has 0 amide bonds. The summed E-state index contributed by atoms with van der Waals surface area (Å²) in [6.07, 6.45) is 3.61. The zero-order valence-corrected chi connectivity index (χ0v) is 13.1. The van der Waals surface area contributed by atoms with Gasteiger partial charge in [-0.3, -0.25) is 9.97 Å². The predicted molar refractivity (Wildman–Crippen MR) is 91.6 cm³/mol. The van der Waals surface area contributed by atoms with Gasteiger partial charge in [-0.1, -0.05) is 45.0 Å². The minimum atomic E-state index is -0.106. The van der Waals surface area contributed by atoms with Crippen LogP contribution >= 0.6 is 0 Å². The highest BCUT2D eigenvalue weighted by atomic mass is 14.8. The van der Waals surface area contributed by atoms with Gasteiger partial charge >= 0.3 is 0 Å². The van der Waals surface area contributed by atoms with E-state index in [4.69, 9.17) is 4.99 Å². The maximum Gasteiger partial charge on any atom is 0.0958 e. The second-order valence-electron chi connectivity index (χ2n) is 6.28. The number of nitrogens with zero attached hydrogens (tertiary/aromatic N) is 3. The number of pyridine rings is 2. The van der Waals surface area contributed by atoms with E-state index in [9.17, 15) is 0 Å². The molecule has 0 spiro atoms. The van der Waals surface area contributed by atoms with Gasteiger partial charge in [0, 0.05) is 23.2 Å². The summed E-state index contributed by atoms with van der Waals surface area (Å²) in [5.74, 6) is 0. The molecule has 0 saturated carbocycles. The number of benzene rings is 1. The number of fused-ring (bicyclic) bond motifs is 1. The molecule has 0 unspecified atom stereocenters. The molecule has 3 rings (SSSR count). The van der Waals surface area contributed by atoms with Crippen LogP contribution in [0, 0.1) is 5.41 Å². The van der Waals surface area contributed by atoms with E-state index >= 15 is 0 Å². The number of aromatic nitrogens is 2. The van der Waals surface area contributed by atoms with Gasteiger partial charge in [0.25, 0.3) is 0 Å². The van der Waals surface area contributed by atoms with Crippen LogP contribution in [0.3, 0.4) is 0 Å². The third kappa shape index (κ3) is 2.89. The lowest BCUT2D eigenvalue weighted by Crippen LogP contribution is -2.22. The Bertz CT molecular complexity index is 809. The Hall–Kier alpha value is -2.55. The Labute approximate surface area is 130 Å². The lowest BCUT2D eigenvalue weighted by molar-refractivity contribution is 0.590. The zero-order valence-electron chi connectivity index (χ0n) is 13.1. The zero-order chi connectivity index (χ0) is 15.6. The highest BCUT2D eigenvalue weighted by Gasteiger charge is 2.22. The van der Waals surface area contributed by atoms with Gasteiger partial charge in [-0.15, -0.1) is 0 Å². The van der Waals surface area contributed by atoms with Crippen LogP contribution < -0.4 is 0 Å². The van der Waals surface area contributed by atoms with Crippen LogP contribution in [0.15, 0.2) is 65.9 Å². The molecule has 3 heteroatoms. The first-order chi connectivity index (χ1) is 10.6. The number of para-hydroxylation sites is 1. The van der Waals surface area contributed by atoms with Crippen molar-refractivity contribution < 1.29 is 0 Å². The van der Waals surface area contributed by atoms with Gasteiger partial charge in [-0.05, 0) is 24.3 Å². The molecule has 0 radical (unpaired) electrons. The van der Waals surface area contributed by atoms with Crippen LogP contribution in [-0.2, 0) is 0 Å². The van der Waals surface area contributed by atoms with Gasteiger partial charge in [0.05, 0.1) is 22.6 Å². The minimum Gasteiger partial charge on any atom is -0.255 e. The fourth-order valence-electron chi connectivity index (χ4n) is 2.41. The van der Waals surface area contributed by atoms with Crippen LogP contribution in [0.5, 0.6) is 0 Å². The summed E-state index contributed by atoms with van der Waals surface area (Å²) in [7, 11) is 0. The predicted octanol–water partition coefficient (Wildman–Crippen LogP) is 4.80. The highest BCUT2D eigenvalue weighted by molar-refractivity contribution is 6.05. The Kier molecular flexibility index (Phi) is 3.72. The summed E-state index contributed by atoms with van der Waals surface area (Å²) >= 11 is 0. The van der Waals surface area contributed by atoms with E-state index < -0.39 is 0 Å². The minimum absolute atomic E-state index is 0.106. The van der Waals surface area contributed by atoms with Gasteiger partial charge in [0.2, 0.25) is 0 Å². The number of rotatable bonds is 2. The molecule has 0 N–H and O–H groups in total. The highest BCUT2D eigenvalue weighted by Crippen LogP contribution is 2.28. The number of hydrogen-bond donors (Lipinski definition) is 0. The van der Waals surface area contributed by atoms with Gasteiger partial charge in [-0.25, -0.2) is 4.99 Å². The second-order valence-corrected chi connectivity index (χ2v) is 6.28. The molecule has 22 heavy (non-hydrogen) atoms.